The zero-order chi connectivity index (χ0) is 27.3. The summed E-state index contributed by atoms with van der Waals surface area (Å²) in [4.78, 5) is 27.9. The molecule has 1 fully saturated rings. The molecule has 0 radical (unpaired) electrons. The van der Waals surface area contributed by atoms with Gasteiger partial charge in [0.1, 0.15) is 12.6 Å². The number of rotatable bonds is 9. The molecule has 0 aromatic heterocycles. The van der Waals surface area contributed by atoms with Gasteiger partial charge in [0.05, 0.1) is 11.9 Å². The number of sulfonamides is 1. The summed E-state index contributed by atoms with van der Waals surface area (Å²) in [5, 5.41) is 3.64. The van der Waals surface area contributed by atoms with E-state index < -0.39 is 40.2 Å². The SMILES string of the molecule is C[C@H](C(=O)NC1CCCCC1)N(Cc1ccc(Cl)cc1Cl)C(=O)CN(c1ccc(F)c(F)c1)S(C)(=O)=O. The van der Waals surface area contributed by atoms with Gasteiger partial charge in [0, 0.05) is 28.7 Å². The van der Waals surface area contributed by atoms with Crippen molar-refractivity contribution in [2.24, 2.45) is 0 Å². The van der Waals surface area contributed by atoms with Gasteiger partial charge in [0.15, 0.2) is 11.6 Å². The highest BCUT2D eigenvalue weighted by Gasteiger charge is 2.31. The second-order valence-electron chi connectivity index (χ2n) is 9.14. The summed E-state index contributed by atoms with van der Waals surface area (Å²) in [6.07, 6.45) is 5.63. The molecule has 1 N–H and O–H groups in total. The van der Waals surface area contributed by atoms with Crippen molar-refractivity contribution in [3.05, 3.63) is 63.6 Å². The van der Waals surface area contributed by atoms with Crippen molar-refractivity contribution in [1.29, 1.82) is 0 Å². The summed E-state index contributed by atoms with van der Waals surface area (Å²) in [5.41, 5.74) is 0.272. The van der Waals surface area contributed by atoms with Crippen LogP contribution in [0.15, 0.2) is 36.4 Å². The standard InChI is InChI=1S/C25H29Cl2F2N3O4S/c1-16(25(34)30-19-6-4-3-5-7-19)31(14-17-8-9-18(26)12-21(17)27)24(33)15-32(37(2,35)36)20-10-11-22(28)23(29)13-20/h8-13,16,19H,3-7,14-15H2,1-2H3,(H,30,34)/t16-/m1/s1. The molecule has 37 heavy (non-hydrogen) atoms. The zero-order valence-corrected chi connectivity index (χ0v) is 22.8. The predicted molar refractivity (Wildman–Crippen MR) is 140 cm³/mol. The van der Waals surface area contributed by atoms with Crippen molar-refractivity contribution in [2.45, 2.75) is 57.7 Å². The number of hydrogen-bond donors (Lipinski definition) is 1. The van der Waals surface area contributed by atoms with Gasteiger partial charge < -0.3 is 10.2 Å². The van der Waals surface area contributed by atoms with Crippen LogP contribution in [0, 0.1) is 11.6 Å². The van der Waals surface area contributed by atoms with Gasteiger partial charge in [-0.25, -0.2) is 17.2 Å². The molecule has 0 heterocycles. The molecule has 0 aliphatic heterocycles. The summed E-state index contributed by atoms with van der Waals surface area (Å²) in [6, 6.07) is 6.25. The summed E-state index contributed by atoms with van der Waals surface area (Å²) < 4.78 is 53.1. The molecular formula is C25H29Cl2F2N3O4S. The van der Waals surface area contributed by atoms with Crippen LogP contribution >= 0.6 is 23.2 Å². The Morgan fingerprint density at radius 3 is 2.32 bits per heavy atom. The van der Waals surface area contributed by atoms with Crippen molar-refractivity contribution < 1.29 is 26.8 Å². The lowest BCUT2D eigenvalue weighted by Crippen LogP contribution is -2.53. The minimum absolute atomic E-state index is 0.00511. The minimum atomic E-state index is -4.08. The summed E-state index contributed by atoms with van der Waals surface area (Å²) in [5.74, 6) is -3.53. The lowest BCUT2D eigenvalue weighted by atomic mass is 9.95. The molecule has 2 aromatic carbocycles. The maximum absolute atomic E-state index is 13.9. The lowest BCUT2D eigenvalue weighted by molar-refractivity contribution is -0.139. The summed E-state index contributed by atoms with van der Waals surface area (Å²) in [6.45, 7) is 0.696. The third-order valence-electron chi connectivity index (χ3n) is 6.35. The van der Waals surface area contributed by atoms with Crippen molar-refractivity contribution in [3.63, 3.8) is 0 Å². The van der Waals surface area contributed by atoms with Gasteiger partial charge in [-0.1, -0.05) is 48.5 Å². The van der Waals surface area contributed by atoms with E-state index in [9.17, 15) is 26.8 Å². The van der Waals surface area contributed by atoms with E-state index in [0.717, 1.165) is 50.5 Å². The van der Waals surface area contributed by atoms with Crippen LogP contribution < -0.4 is 9.62 Å². The van der Waals surface area contributed by atoms with E-state index in [0.29, 0.717) is 21.0 Å². The van der Waals surface area contributed by atoms with Crippen LogP contribution in [-0.4, -0.2) is 50.0 Å². The van der Waals surface area contributed by atoms with Gasteiger partial charge in [-0.15, -0.1) is 0 Å². The molecule has 202 valence electrons. The van der Waals surface area contributed by atoms with Crippen molar-refractivity contribution in [3.8, 4) is 0 Å². The molecular weight excluding hydrogens is 547 g/mol. The average molecular weight is 576 g/mol. The van der Waals surface area contributed by atoms with Gasteiger partial charge in [0.25, 0.3) is 0 Å². The largest absolute Gasteiger partial charge is 0.352 e. The molecule has 1 aliphatic rings. The molecule has 2 amide bonds. The number of halogens is 4. The highest BCUT2D eigenvalue weighted by molar-refractivity contribution is 7.92. The lowest BCUT2D eigenvalue weighted by Gasteiger charge is -2.33. The van der Waals surface area contributed by atoms with Crippen molar-refractivity contribution in [1.82, 2.24) is 10.2 Å². The van der Waals surface area contributed by atoms with E-state index in [1.165, 1.54) is 11.0 Å². The first-order chi connectivity index (χ1) is 17.4. The average Bonchev–Trinajstić information content (AvgIpc) is 2.83. The molecule has 0 spiro atoms. The van der Waals surface area contributed by atoms with Gasteiger partial charge in [-0.3, -0.25) is 13.9 Å². The predicted octanol–water partition coefficient (Wildman–Crippen LogP) is 4.90. The molecule has 1 atom stereocenters. The maximum atomic E-state index is 13.9. The Kier molecular flexibility index (Phi) is 9.77. The summed E-state index contributed by atoms with van der Waals surface area (Å²) >= 11 is 12.3. The van der Waals surface area contributed by atoms with Crippen LogP contribution in [0.5, 0.6) is 0 Å². The van der Waals surface area contributed by atoms with E-state index in [1.54, 1.807) is 19.1 Å². The first-order valence-electron chi connectivity index (χ1n) is 11.8. The van der Waals surface area contributed by atoms with E-state index in [4.69, 9.17) is 23.2 Å². The fourth-order valence-corrected chi connectivity index (χ4v) is 5.55. The van der Waals surface area contributed by atoms with E-state index in [2.05, 4.69) is 5.32 Å². The first-order valence-corrected chi connectivity index (χ1v) is 14.4. The quantitative estimate of drug-likeness (QED) is 0.460. The second-order valence-corrected chi connectivity index (χ2v) is 11.9. The van der Waals surface area contributed by atoms with E-state index >= 15 is 0 Å². The van der Waals surface area contributed by atoms with Crippen LogP contribution in [0.2, 0.25) is 10.0 Å². The number of nitrogens with zero attached hydrogens (tertiary/aromatic N) is 2. The van der Waals surface area contributed by atoms with E-state index in [-0.39, 0.29) is 29.2 Å². The third kappa shape index (κ3) is 7.78. The van der Waals surface area contributed by atoms with Crippen molar-refractivity contribution in [2.75, 3.05) is 17.1 Å². The number of hydrogen-bond acceptors (Lipinski definition) is 4. The molecule has 0 unspecified atom stereocenters. The van der Waals surface area contributed by atoms with Crippen LogP contribution in [0.3, 0.4) is 0 Å². The molecule has 1 aliphatic carbocycles. The molecule has 3 rings (SSSR count). The van der Waals surface area contributed by atoms with Crippen molar-refractivity contribution >= 4 is 50.7 Å². The Bertz CT molecular complexity index is 1260. The Morgan fingerprint density at radius 1 is 1.05 bits per heavy atom. The van der Waals surface area contributed by atoms with E-state index in [1.807, 2.05) is 0 Å². The molecule has 7 nitrogen and oxygen atoms in total. The van der Waals surface area contributed by atoms with Crippen LogP contribution in [0.25, 0.3) is 0 Å². The number of anilines is 1. The maximum Gasteiger partial charge on any atom is 0.244 e. The fraction of sp³-hybridized carbons (Fsp3) is 0.440. The molecule has 1 saturated carbocycles. The minimum Gasteiger partial charge on any atom is -0.352 e. The molecule has 0 bridgehead atoms. The Balaban J connectivity index is 1.91. The number of carbonyl (C=O) groups excluding carboxylic acids is 2. The first kappa shape index (κ1) is 29.1. The molecule has 2 aromatic rings. The van der Waals surface area contributed by atoms with Gasteiger partial charge in [-0.05, 0) is 49.6 Å². The highest BCUT2D eigenvalue weighted by Crippen LogP contribution is 2.25. The van der Waals surface area contributed by atoms with Crippen LogP contribution in [-0.2, 0) is 26.2 Å². The third-order valence-corrected chi connectivity index (χ3v) is 8.07. The highest BCUT2D eigenvalue weighted by atomic mass is 35.5. The smallest absolute Gasteiger partial charge is 0.244 e. The van der Waals surface area contributed by atoms with Gasteiger partial charge >= 0.3 is 0 Å². The Hall–Kier alpha value is -2.43. The zero-order valence-electron chi connectivity index (χ0n) is 20.5. The second kappa shape index (κ2) is 12.4. The van der Waals surface area contributed by atoms with Gasteiger partial charge in [0.2, 0.25) is 21.8 Å². The fourth-order valence-electron chi connectivity index (χ4n) is 4.24. The number of carbonyl (C=O) groups is 2. The summed E-state index contributed by atoms with van der Waals surface area (Å²) in [7, 11) is -4.08. The monoisotopic (exact) mass is 575 g/mol. The molecule has 0 saturated heterocycles. The Labute approximate surface area is 225 Å². The molecule has 12 heteroatoms. The van der Waals surface area contributed by atoms with Crippen LogP contribution in [0.4, 0.5) is 14.5 Å². The normalized spacial score (nSPS) is 15.2. The van der Waals surface area contributed by atoms with Crippen LogP contribution in [0.1, 0.15) is 44.6 Å². The number of amides is 2. The number of nitrogens with one attached hydrogen (secondary N) is 1. The van der Waals surface area contributed by atoms with Gasteiger partial charge in [-0.2, -0.15) is 0 Å². The number of benzene rings is 2. The Morgan fingerprint density at radius 2 is 1.73 bits per heavy atom. The topological polar surface area (TPSA) is 86.8 Å².